The Bertz CT molecular complexity index is 452. The van der Waals surface area contributed by atoms with E-state index in [0.717, 1.165) is 32.5 Å². The molecule has 0 aromatic heterocycles. The molecule has 0 spiro atoms. The first-order valence-corrected chi connectivity index (χ1v) is 8.43. The molecule has 3 heteroatoms. The van der Waals surface area contributed by atoms with Crippen LogP contribution in [0.1, 0.15) is 31.2 Å². The molecule has 1 fully saturated rings. The predicted octanol–water partition coefficient (Wildman–Crippen LogP) is 3.02. The lowest BCUT2D eigenvalue weighted by atomic mass is 9.93. The molecule has 0 bridgehead atoms. The number of benzene rings is 1. The minimum atomic E-state index is 0.273. The Kier molecular flexibility index (Phi) is 7.17. The lowest BCUT2D eigenvalue weighted by Crippen LogP contribution is -2.34. The molecule has 0 atom stereocenters. The fraction of sp³-hybridized carbons (Fsp3) is 0.526. The highest BCUT2D eigenvalue weighted by Gasteiger charge is 2.17. The van der Waals surface area contributed by atoms with Gasteiger partial charge in [0.25, 0.3) is 0 Å². The minimum Gasteiger partial charge on any atom is -0.339 e. The molecule has 1 saturated heterocycles. The first-order valence-electron chi connectivity index (χ1n) is 8.43. The Morgan fingerprint density at radius 1 is 1.27 bits per heavy atom. The first-order chi connectivity index (χ1) is 10.8. The Balaban J connectivity index is 1.78. The summed E-state index contributed by atoms with van der Waals surface area (Å²) in [6.07, 6.45) is 6.85. The van der Waals surface area contributed by atoms with E-state index in [0.29, 0.717) is 18.9 Å². The summed E-state index contributed by atoms with van der Waals surface area (Å²) in [5.74, 6) is 0.985. The molecular formula is C19H28N2O. The van der Waals surface area contributed by atoms with Gasteiger partial charge in [-0.05, 0) is 50.3 Å². The smallest absolute Gasteiger partial charge is 0.222 e. The zero-order valence-electron chi connectivity index (χ0n) is 13.5. The summed E-state index contributed by atoms with van der Waals surface area (Å²) >= 11 is 0. The maximum Gasteiger partial charge on any atom is 0.222 e. The molecule has 0 aliphatic carbocycles. The zero-order chi connectivity index (χ0) is 15.6. The maximum atomic E-state index is 12.5. The Morgan fingerprint density at radius 3 is 2.68 bits per heavy atom. The summed E-state index contributed by atoms with van der Waals surface area (Å²) in [5, 5.41) is 3.38. The molecule has 1 aliphatic heterocycles. The second-order valence-electron chi connectivity index (χ2n) is 6.10. The van der Waals surface area contributed by atoms with Crippen LogP contribution in [0.15, 0.2) is 43.0 Å². The number of nitrogens with zero attached hydrogens (tertiary/aromatic N) is 1. The molecule has 2 rings (SSSR count). The van der Waals surface area contributed by atoms with E-state index in [4.69, 9.17) is 0 Å². The molecule has 3 nitrogen and oxygen atoms in total. The predicted molar refractivity (Wildman–Crippen MR) is 91.8 cm³/mol. The SMILES string of the molecule is C=CCN(CCc1ccccc1)C(=O)CCC1CCNCC1. The van der Waals surface area contributed by atoms with Crippen molar-refractivity contribution in [1.82, 2.24) is 10.2 Å². The number of amides is 1. The highest BCUT2D eigenvalue weighted by molar-refractivity contribution is 5.76. The van der Waals surface area contributed by atoms with Crippen LogP contribution in [0.5, 0.6) is 0 Å². The van der Waals surface area contributed by atoms with Crippen molar-refractivity contribution in [3.05, 3.63) is 48.6 Å². The number of nitrogens with one attached hydrogen (secondary N) is 1. The lowest BCUT2D eigenvalue weighted by molar-refractivity contribution is -0.131. The summed E-state index contributed by atoms with van der Waals surface area (Å²) in [5.41, 5.74) is 1.28. The van der Waals surface area contributed by atoms with E-state index in [1.807, 2.05) is 29.2 Å². The van der Waals surface area contributed by atoms with Crippen molar-refractivity contribution in [3.63, 3.8) is 0 Å². The highest BCUT2D eigenvalue weighted by atomic mass is 16.2. The molecule has 0 unspecified atom stereocenters. The molecule has 120 valence electrons. The van der Waals surface area contributed by atoms with Crippen LogP contribution < -0.4 is 5.32 Å². The topological polar surface area (TPSA) is 32.3 Å². The van der Waals surface area contributed by atoms with Gasteiger partial charge in [-0.15, -0.1) is 6.58 Å². The van der Waals surface area contributed by atoms with Crippen molar-refractivity contribution in [1.29, 1.82) is 0 Å². The fourth-order valence-electron chi connectivity index (χ4n) is 3.04. The van der Waals surface area contributed by atoms with Gasteiger partial charge in [0.05, 0.1) is 0 Å². The van der Waals surface area contributed by atoms with Crippen LogP contribution in [0.2, 0.25) is 0 Å². The van der Waals surface area contributed by atoms with E-state index in [2.05, 4.69) is 24.0 Å². The number of carbonyl (C=O) groups excluding carboxylic acids is 1. The summed E-state index contributed by atoms with van der Waals surface area (Å²) in [4.78, 5) is 14.4. The monoisotopic (exact) mass is 300 g/mol. The molecule has 1 amide bonds. The number of hydrogen-bond donors (Lipinski definition) is 1. The van der Waals surface area contributed by atoms with Gasteiger partial charge in [0.2, 0.25) is 5.91 Å². The second-order valence-corrected chi connectivity index (χ2v) is 6.10. The van der Waals surface area contributed by atoms with Gasteiger partial charge in [-0.1, -0.05) is 36.4 Å². The van der Waals surface area contributed by atoms with Crippen molar-refractivity contribution >= 4 is 5.91 Å². The quantitative estimate of drug-likeness (QED) is 0.749. The molecular weight excluding hydrogens is 272 g/mol. The summed E-state index contributed by atoms with van der Waals surface area (Å²) in [6, 6.07) is 10.4. The van der Waals surface area contributed by atoms with Crippen LogP contribution in [-0.4, -0.2) is 37.0 Å². The van der Waals surface area contributed by atoms with Gasteiger partial charge in [-0.25, -0.2) is 0 Å². The van der Waals surface area contributed by atoms with Gasteiger partial charge in [0, 0.05) is 19.5 Å². The van der Waals surface area contributed by atoms with Crippen molar-refractivity contribution in [2.24, 2.45) is 5.92 Å². The first kappa shape index (κ1) is 16.8. The van der Waals surface area contributed by atoms with Gasteiger partial charge in [0.15, 0.2) is 0 Å². The zero-order valence-corrected chi connectivity index (χ0v) is 13.5. The average Bonchev–Trinajstić information content (AvgIpc) is 2.58. The van der Waals surface area contributed by atoms with Crippen molar-refractivity contribution in [3.8, 4) is 0 Å². The van der Waals surface area contributed by atoms with E-state index in [1.165, 1.54) is 18.4 Å². The second kappa shape index (κ2) is 9.42. The third-order valence-electron chi connectivity index (χ3n) is 4.44. The van der Waals surface area contributed by atoms with Gasteiger partial charge in [-0.3, -0.25) is 4.79 Å². The molecule has 0 radical (unpaired) electrons. The van der Waals surface area contributed by atoms with Gasteiger partial charge in [0.1, 0.15) is 0 Å². The van der Waals surface area contributed by atoms with E-state index in [1.54, 1.807) is 0 Å². The standard InChI is InChI=1S/C19H28N2O/c1-2-15-21(16-12-17-6-4-3-5-7-17)19(22)9-8-18-10-13-20-14-11-18/h2-7,18,20H,1,8-16H2. The Morgan fingerprint density at radius 2 is 2.00 bits per heavy atom. The highest BCUT2D eigenvalue weighted by Crippen LogP contribution is 2.18. The summed E-state index contributed by atoms with van der Waals surface area (Å²) in [6.45, 7) is 7.42. The van der Waals surface area contributed by atoms with E-state index in [-0.39, 0.29) is 5.91 Å². The lowest BCUT2D eigenvalue weighted by Gasteiger charge is -2.25. The van der Waals surface area contributed by atoms with Crippen LogP contribution in [0, 0.1) is 5.92 Å². The van der Waals surface area contributed by atoms with Gasteiger partial charge >= 0.3 is 0 Å². The summed E-state index contributed by atoms with van der Waals surface area (Å²) < 4.78 is 0. The molecule has 1 heterocycles. The molecule has 0 saturated carbocycles. The van der Waals surface area contributed by atoms with Crippen LogP contribution in [-0.2, 0) is 11.2 Å². The van der Waals surface area contributed by atoms with Gasteiger partial charge in [-0.2, -0.15) is 0 Å². The Hall–Kier alpha value is -1.61. The molecule has 1 N–H and O–H groups in total. The summed E-state index contributed by atoms with van der Waals surface area (Å²) in [7, 11) is 0. The number of carbonyl (C=O) groups is 1. The van der Waals surface area contributed by atoms with E-state index < -0.39 is 0 Å². The van der Waals surface area contributed by atoms with Crippen LogP contribution in [0.4, 0.5) is 0 Å². The number of rotatable bonds is 8. The van der Waals surface area contributed by atoms with Crippen LogP contribution >= 0.6 is 0 Å². The molecule has 22 heavy (non-hydrogen) atoms. The van der Waals surface area contributed by atoms with Crippen molar-refractivity contribution in [2.45, 2.75) is 32.1 Å². The van der Waals surface area contributed by atoms with Gasteiger partial charge < -0.3 is 10.2 Å². The third kappa shape index (κ3) is 5.64. The van der Waals surface area contributed by atoms with E-state index >= 15 is 0 Å². The van der Waals surface area contributed by atoms with Crippen LogP contribution in [0.3, 0.4) is 0 Å². The molecule has 1 aromatic rings. The molecule has 1 aliphatic rings. The Labute approximate surface area is 134 Å². The molecule has 1 aromatic carbocycles. The van der Waals surface area contributed by atoms with E-state index in [9.17, 15) is 4.79 Å². The largest absolute Gasteiger partial charge is 0.339 e. The van der Waals surface area contributed by atoms with Crippen molar-refractivity contribution in [2.75, 3.05) is 26.2 Å². The third-order valence-corrected chi connectivity index (χ3v) is 4.44. The minimum absolute atomic E-state index is 0.273. The van der Waals surface area contributed by atoms with Crippen LogP contribution in [0.25, 0.3) is 0 Å². The maximum absolute atomic E-state index is 12.5. The number of hydrogen-bond acceptors (Lipinski definition) is 2. The number of piperidine rings is 1. The van der Waals surface area contributed by atoms with Crippen molar-refractivity contribution < 1.29 is 4.79 Å². The average molecular weight is 300 g/mol. The normalized spacial score (nSPS) is 15.5. The fourth-order valence-corrected chi connectivity index (χ4v) is 3.04.